The normalized spacial score (nSPS) is 21.5. The number of aryl methyl sites for hydroxylation is 1. The van der Waals surface area contributed by atoms with Crippen LogP contribution in [0.4, 0.5) is 11.6 Å². The molecule has 0 aliphatic carbocycles. The Kier molecular flexibility index (Phi) is 4.16. The molecule has 1 amide bonds. The van der Waals surface area contributed by atoms with Gasteiger partial charge in [-0.05, 0) is 37.1 Å². The van der Waals surface area contributed by atoms with Crippen molar-refractivity contribution in [1.29, 1.82) is 0 Å². The number of hydrogen-bond donors (Lipinski definition) is 2. The van der Waals surface area contributed by atoms with Crippen LogP contribution in [0.3, 0.4) is 0 Å². The molecular formula is C20H21N5O. The van der Waals surface area contributed by atoms with Crippen LogP contribution in [0.2, 0.25) is 0 Å². The maximum absolute atomic E-state index is 13.2. The molecule has 2 heterocycles. The van der Waals surface area contributed by atoms with E-state index in [1.807, 2.05) is 54.1 Å². The highest BCUT2D eigenvalue weighted by Crippen LogP contribution is 2.37. The first-order valence-electron chi connectivity index (χ1n) is 8.72. The fraction of sp³-hybridized carbons (Fsp3) is 0.250. The van der Waals surface area contributed by atoms with Gasteiger partial charge in [0.1, 0.15) is 6.33 Å². The Morgan fingerprint density at radius 1 is 1.12 bits per heavy atom. The first-order chi connectivity index (χ1) is 12.6. The van der Waals surface area contributed by atoms with E-state index in [4.69, 9.17) is 0 Å². The fourth-order valence-electron chi connectivity index (χ4n) is 3.64. The molecule has 0 fully saturated rings. The third-order valence-electron chi connectivity index (χ3n) is 4.92. The molecule has 3 atom stereocenters. The number of rotatable bonds is 3. The number of nitrogens with one attached hydrogen (secondary N) is 2. The maximum atomic E-state index is 13.2. The summed E-state index contributed by atoms with van der Waals surface area (Å²) in [5, 5.41) is 10.7. The average Bonchev–Trinajstić information content (AvgIpc) is 3.10. The molecule has 26 heavy (non-hydrogen) atoms. The summed E-state index contributed by atoms with van der Waals surface area (Å²) in [6.45, 7) is 4.07. The standard InChI is InChI=1S/C20H21N5O/c1-13-8-6-7-11-16(13)18-17(14(2)23-20-21-12-22-25(18)20)19(26)24-15-9-4-3-5-10-15/h3-12,14,17-18H,1-2H3,(H,24,26)(H,21,22,23)/t14-,17+,18-/m1/s1. The summed E-state index contributed by atoms with van der Waals surface area (Å²) >= 11 is 0. The van der Waals surface area contributed by atoms with Crippen LogP contribution in [0, 0.1) is 12.8 Å². The number of para-hydroxylation sites is 1. The lowest BCUT2D eigenvalue weighted by atomic mass is 9.84. The minimum atomic E-state index is -0.328. The summed E-state index contributed by atoms with van der Waals surface area (Å²) < 4.78 is 1.82. The second-order valence-corrected chi connectivity index (χ2v) is 6.64. The maximum Gasteiger partial charge on any atom is 0.232 e. The van der Waals surface area contributed by atoms with Crippen molar-refractivity contribution in [2.24, 2.45) is 5.92 Å². The Hall–Kier alpha value is -3.15. The van der Waals surface area contributed by atoms with Crippen LogP contribution in [0.1, 0.15) is 24.1 Å². The van der Waals surface area contributed by atoms with Gasteiger partial charge in [-0.1, -0.05) is 42.5 Å². The Bertz CT molecular complexity index is 921. The number of carbonyl (C=O) groups excluding carboxylic acids is 1. The van der Waals surface area contributed by atoms with Gasteiger partial charge in [0.25, 0.3) is 0 Å². The van der Waals surface area contributed by atoms with Crippen LogP contribution < -0.4 is 10.6 Å². The SMILES string of the molecule is Cc1ccccc1[C@@H]1[C@@H](C(=O)Nc2ccccc2)[C@@H](C)Nc2ncnn21. The Balaban J connectivity index is 1.76. The number of aromatic nitrogens is 3. The van der Waals surface area contributed by atoms with Gasteiger partial charge in [-0.15, -0.1) is 0 Å². The quantitative estimate of drug-likeness (QED) is 0.763. The molecule has 1 aromatic heterocycles. The van der Waals surface area contributed by atoms with Crippen molar-refractivity contribution >= 4 is 17.5 Å². The molecule has 3 aromatic rings. The van der Waals surface area contributed by atoms with Gasteiger partial charge in [-0.3, -0.25) is 4.79 Å². The highest BCUT2D eigenvalue weighted by Gasteiger charge is 2.41. The summed E-state index contributed by atoms with van der Waals surface area (Å²) in [5.74, 6) is 0.325. The topological polar surface area (TPSA) is 71.8 Å². The number of benzene rings is 2. The summed E-state index contributed by atoms with van der Waals surface area (Å²) in [4.78, 5) is 17.5. The zero-order valence-electron chi connectivity index (χ0n) is 14.8. The van der Waals surface area contributed by atoms with Crippen LogP contribution in [0.15, 0.2) is 60.9 Å². The minimum Gasteiger partial charge on any atom is -0.351 e. The molecule has 1 aliphatic heterocycles. The van der Waals surface area contributed by atoms with E-state index < -0.39 is 0 Å². The molecule has 6 nitrogen and oxygen atoms in total. The van der Waals surface area contributed by atoms with E-state index in [0.717, 1.165) is 16.8 Å². The Morgan fingerprint density at radius 3 is 2.62 bits per heavy atom. The molecule has 0 saturated carbocycles. The molecule has 2 N–H and O–H groups in total. The lowest BCUT2D eigenvalue weighted by Gasteiger charge is -2.37. The summed E-state index contributed by atoms with van der Waals surface area (Å²) in [6, 6.07) is 17.4. The molecule has 132 valence electrons. The van der Waals surface area contributed by atoms with Crippen LogP contribution >= 0.6 is 0 Å². The Morgan fingerprint density at radius 2 is 1.85 bits per heavy atom. The van der Waals surface area contributed by atoms with Gasteiger partial charge in [0.2, 0.25) is 11.9 Å². The molecule has 0 unspecified atom stereocenters. The van der Waals surface area contributed by atoms with Crippen molar-refractivity contribution < 1.29 is 4.79 Å². The zero-order valence-corrected chi connectivity index (χ0v) is 14.8. The monoisotopic (exact) mass is 347 g/mol. The molecule has 4 rings (SSSR count). The summed E-state index contributed by atoms with van der Waals surface area (Å²) in [6.07, 6.45) is 1.53. The van der Waals surface area contributed by atoms with E-state index in [9.17, 15) is 4.79 Å². The summed E-state index contributed by atoms with van der Waals surface area (Å²) in [5.41, 5.74) is 3.00. The number of hydrogen-bond acceptors (Lipinski definition) is 4. The molecule has 0 radical (unpaired) electrons. The Labute approximate surface area is 152 Å². The van der Waals surface area contributed by atoms with Crippen molar-refractivity contribution in [2.45, 2.75) is 25.9 Å². The second kappa shape index (κ2) is 6.63. The van der Waals surface area contributed by atoms with Gasteiger partial charge in [-0.2, -0.15) is 10.1 Å². The van der Waals surface area contributed by atoms with Crippen LogP contribution in [0.5, 0.6) is 0 Å². The third kappa shape index (κ3) is 2.83. The largest absolute Gasteiger partial charge is 0.351 e. The lowest BCUT2D eigenvalue weighted by molar-refractivity contribution is -0.121. The van der Waals surface area contributed by atoms with Crippen molar-refractivity contribution in [2.75, 3.05) is 10.6 Å². The van der Waals surface area contributed by atoms with E-state index in [1.54, 1.807) is 0 Å². The zero-order chi connectivity index (χ0) is 18.1. The number of anilines is 2. The highest BCUT2D eigenvalue weighted by molar-refractivity contribution is 5.94. The lowest BCUT2D eigenvalue weighted by Crippen LogP contribution is -2.46. The van der Waals surface area contributed by atoms with E-state index >= 15 is 0 Å². The number of nitrogens with zero attached hydrogens (tertiary/aromatic N) is 3. The van der Waals surface area contributed by atoms with Crippen molar-refractivity contribution in [3.8, 4) is 0 Å². The van der Waals surface area contributed by atoms with Gasteiger partial charge < -0.3 is 10.6 Å². The van der Waals surface area contributed by atoms with Gasteiger partial charge in [-0.25, -0.2) is 4.68 Å². The van der Waals surface area contributed by atoms with E-state index in [1.165, 1.54) is 6.33 Å². The highest BCUT2D eigenvalue weighted by atomic mass is 16.2. The molecule has 0 spiro atoms. The predicted molar refractivity (Wildman–Crippen MR) is 101 cm³/mol. The average molecular weight is 347 g/mol. The van der Waals surface area contributed by atoms with Gasteiger partial charge >= 0.3 is 0 Å². The van der Waals surface area contributed by atoms with Crippen molar-refractivity contribution in [1.82, 2.24) is 14.8 Å². The summed E-state index contributed by atoms with van der Waals surface area (Å²) in [7, 11) is 0. The smallest absolute Gasteiger partial charge is 0.232 e. The van der Waals surface area contributed by atoms with Crippen LogP contribution in [0.25, 0.3) is 0 Å². The molecule has 0 bridgehead atoms. The molecule has 6 heteroatoms. The molecular weight excluding hydrogens is 326 g/mol. The van der Waals surface area contributed by atoms with Gasteiger partial charge in [0, 0.05) is 11.7 Å². The predicted octanol–water partition coefficient (Wildman–Crippen LogP) is 3.24. The van der Waals surface area contributed by atoms with Crippen molar-refractivity contribution in [3.63, 3.8) is 0 Å². The van der Waals surface area contributed by atoms with Gasteiger partial charge in [0.05, 0.1) is 12.0 Å². The molecule has 2 aromatic carbocycles. The molecule has 1 aliphatic rings. The first kappa shape index (κ1) is 16.3. The molecule has 0 saturated heterocycles. The second-order valence-electron chi connectivity index (χ2n) is 6.64. The van der Waals surface area contributed by atoms with Crippen molar-refractivity contribution in [3.05, 3.63) is 72.1 Å². The van der Waals surface area contributed by atoms with Crippen LogP contribution in [-0.2, 0) is 4.79 Å². The minimum absolute atomic E-state index is 0.0365. The fourth-order valence-corrected chi connectivity index (χ4v) is 3.64. The number of fused-ring (bicyclic) bond motifs is 1. The van der Waals surface area contributed by atoms with Crippen LogP contribution in [-0.4, -0.2) is 26.7 Å². The number of carbonyl (C=O) groups is 1. The van der Waals surface area contributed by atoms with E-state index in [-0.39, 0.29) is 23.9 Å². The first-order valence-corrected chi connectivity index (χ1v) is 8.72. The number of amides is 1. The third-order valence-corrected chi connectivity index (χ3v) is 4.92. The van der Waals surface area contributed by atoms with E-state index in [0.29, 0.717) is 5.95 Å². The van der Waals surface area contributed by atoms with Gasteiger partial charge in [0.15, 0.2) is 0 Å². The van der Waals surface area contributed by atoms with E-state index in [2.05, 4.69) is 39.8 Å².